The number of nitrogens with zero attached hydrogens (tertiary/aromatic N) is 1. The molecule has 0 unspecified atom stereocenters. The summed E-state index contributed by atoms with van der Waals surface area (Å²) in [6.07, 6.45) is 0. The van der Waals surface area contributed by atoms with Gasteiger partial charge < -0.3 is 16.4 Å². The number of anilines is 3. The van der Waals surface area contributed by atoms with Gasteiger partial charge in [0, 0.05) is 11.0 Å². The highest BCUT2D eigenvalue weighted by Gasteiger charge is 2.18. The standard InChI is InChI=1S/C12H11BrCl2N4OS/c1-2-17-12-19-10(16)9(21-12)11(20)18-6-4-3-5(13)7(14)8(6)15/h3-4H,2,16H2,1H3,(H,17,19)(H,18,20). The quantitative estimate of drug-likeness (QED) is 0.650. The van der Waals surface area contributed by atoms with Crippen molar-refractivity contribution in [1.29, 1.82) is 0 Å². The van der Waals surface area contributed by atoms with E-state index in [0.29, 0.717) is 31.7 Å². The van der Waals surface area contributed by atoms with E-state index in [0.717, 1.165) is 0 Å². The van der Waals surface area contributed by atoms with Gasteiger partial charge in [0.25, 0.3) is 5.91 Å². The molecule has 0 bridgehead atoms. The molecule has 2 rings (SSSR count). The highest BCUT2D eigenvalue weighted by molar-refractivity contribution is 9.10. The van der Waals surface area contributed by atoms with Crippen molar-refractivity contribution >= 4 is 73.0 Å². The van der Waals surface area contributed by atoms with Gasteiger partial charge in [0.1, 0.15) is 10.7 Å². The Morgan fingerprint density at radius 1 is 1.43 bits per heavy atom. The minimum Gasteiger partial charge on any atom is -0.382 e. The van der Waals surface area contributed by atoms with Gasteiger partial charge in [0.15, 0.2) is 5.13 Å². The van der Waals surface area contributed by atoms with E-state index in [1.165, 1.54) is 11.3 Å². The SMILES string of the molecule is CCNc1nc(N)c(C(=O)Nc2ccc(Br)c(Cl)c2Cl)s1. The molecule has 2 aromatic rings. The number of halogens is 3. The number of benzene rings is 1. The lowest BCUT2D eigenvalue weighted by Gasteiger charge is -2.08. The van der Waals surface area contributed by atoms with Gasteiger partial charge in [-0.15, -0.1) is 0 Å². The summed E-state index contributed by atoms with van der Waals surface area (Å²) in [6, 6.07) is 3.35. The minimum atomic E-state index is -0.380. The van der Waals surface area contributed by atoms with Crippen LogP contribution in [0.25, 0.3) is 0 Å². The molecule has 1 heterocycles. The lowest BCUT2D eigenvalue weighted by molar-refractivity contribution is 0.103. The van der Waals surface area contributed by atoms with Crippen LogP contribution in [0.15, 0.2) is 16.6 Å². The van der Waals surface area contributed by atoms with E-state index in [2.05, 4.69) is 31.5 Å². The number of rotatable bonds is 4. The summed E-state index contributed by atoms with van der Waals surface area (Å²) in [4.78, 5) is 16.6. The Morgan fingerprint density at radius 3 is 2.81 bits per heavy atom. The van der Waals surface area contributed by atoms with Crippen molar-refractivity contribution in [2.75, 3.05) is 22.9 Å². The van der Waals surface area contributed by atoms with Crippen molar-refractivity contribution < 1.29 is 4.79 Å². The Kier molecular flexibility index (Phi) is 5.32. The lowest BCUT2D eigenvalue weighted by Crippen LogP contribution is -2.12. The molecule has 21 heavy (non-hydrogen) atoms. The molecule has 0 spiro atoms. The van der Waals surface area contributed by atoms with Crippen LogP contribution < -0.4 is 16.4 Å². The summed E-state index contributed by atoms with van der Waals surface area (Å²) in [5.41, 5.74) is 6.16. The van der Waals surface area contributed by atoms with E-state index >= 15 is 0 Å². The maximum atomic E-state index is 12.2. The van der Waals surface area contributed by atoms with E-state index < -0.39 is 0 Å². The van der Waals surface area contributed by atoms with E-state index in [-0.39, 0.29) is 16.7 Å². The Balaban J connectivity index is 2.24. The van der Waals surface area contributed by atoms with Gasteiger partial charge in [-0.1, -0.05) is 34.5 Å². The molecule has 0 aliphatic heterocycles. The van der Waals surface area contributed by atoms with Gasteiger partial charge in [-0.3, -0.25) is 4.79 Å². The van der Waals surface area contributed by atoms with Crippen LogP contribution in [0.1, 0.15) is 16.6 Å². The average Bonchev–Trinajstić information content (AvgIpc) is 2.81. The zero-order valence-corrected chi connectivity index (χ0v) is 14.8. The molecule has 0 saturated carbocycles. The molecule has 0 aliphatic carbocycles. The normalized spacial score (nSPS) is 10.5. The zero-order valence-electron chi connectivity index (χ0n) is 10.8. The van der Waals surface area contributed by atoms with Crippen molar-refractivity contribution in [2.24, 2.45) is 0 Å². The third kappa shape index (κ3) is 3.60. The van der Waals surface area contributed by atoms with E-state index in [1.54, 1.807) is 12.1 Å². The number of amides is 1. The van der Waals surface area contributed by atoms with Gasteiger partial charge in [0.2, 0.25) is 0 Å². The number of nitrogen functional groups attached to an aromatic ring is 1. The Morgan fingerprint density at radius 2 is 2.14 bits per heavy atom. The van der Waals surface area contributed by atoms with Crippen LogP contribution in [-0.4, -0.2) is 17.4 Å². The van der Waals surface area contributed by atoms with E-state index in [4.69, 9.17) is 28.9 Å². The molecular weight excluding hydrogens is 399 g/mol. The molecule has 112 valence electrons. The summed E-state index contributed by atoms with van der Waals surface area (Å²) in [7, 11) is 0. The van der Waals surface area contributed by atoms with Crippen LogP contribution in [0.2, 0.25) is 10.0 Å². The van der Waals surface area contributed by atoms with Crippen molar-refractivity contribution in [2.45, 2.75) is 6.92 Å². The number of nitrogens with one attached hydrogen (secondary N) is 2. The average molecular weight is 410 g/mol. The molecule has 0 fully saturated rings. The molecule has 5 nitrogen and oxygen atoms in total. The topological polar surface area (TPSA) is 80.0 Å². The fourth-order valence-corrected chi connectivity index (χ4v) is 3.19. The molecule has 0 aliphatic rings. The van der Waals surface area contributed by atoms with E-state index in [9.17, 15) is 4.79 Å². The maximum Gasteiger partial charge on any atom is 0.269 e. The van der Waals surface area contributed by atoms with Gasteiger partial charge in [-0.25, -0.2) is 4.98 Å². The third-order valence-electron chi connectivity index (χ3n) is 2.47. The van der Waals surface area contributed by atoms with Gasteiger partial charge in [-0.05, 0) is 35.0 Å². The minimum absolute atomic E-state index is 0.174. The number of hydrogen-bond acceptors (Lipinski definition) is 5. The van der Waals surface area contributed by atoms with Crippen LogP contribution in [-0.2, 0) is 0 Å². The maximum absolute atomic E-state index is 12.2. The van der Waals surface area contributed by atoms with E-state index in [1.807, 2.05) is 6.92 Å². The van der Waals surface area contributed by atoms with Crippen molar-refractivity contribution in [3.63, 3.8) is 0 Å². The first-order chi connectivity index (χ1) is 9.93. The monoisotopic (exact) mass is 408 g/mol. The Hall–Kier alpha value is -1.02. The summed E-state index contributed by atoms with van der Waals surface area (Å²) in [6.45, 7) is 2.63. The lowest BCUT2D eigenvalue weighted by atomic mass is 10.3. The van der Waals surface area contributed by atoms with Crippen LogP contribution in [0.5, 0.6) is 0 Å². The highest BCUT2D eigenvalue weighted by atomic mass is 79.9. The van der Waals surface area contributed by atoms with Crippen LogP contribution in [0.3, 0.4) is 0 Å². The molecule has 9 heteroatoms. The predicted octanol–water partition coefficient (Wildman–Crippen LogP) is 4.48. The second-order valence-corrected chi connectivity index (χ2v) is 6.55. The zero-order chi connectivity index (χ0) is 15.6. The summed E-state index contributed by atoms with van der Waals surface area (Å²) in [5.74, 6) is -0.206. The first-order valence-electron chi connectivity index (χ1n) is 5.89. The molecule has 4 N–H and O–H groups in total. The second kappa shape index (κ2) is 6.83. The number of nitrogens with two attached hydrogens (primary N) is 1. The number of carbonyl (C=O) groups excluding carboxylic acids is 1. The third-order valence-corrected chi connectivity index (χ3v) is 5.27. The molecule has 0 saturated heterocycles. The molecular formula is C12H11BrCl2N4OS. The van der Waals surface area contributed by atoms with Crippen LogP contribution in [0, 0.1) is 0 Å². The van der Waals surface area contributed by atoms with Gasteiger partial charge in [0.05, 0.1) is 15.7 Å². The molecule has 0 atom stereocenters. The summed E-state index contributed by atoms with van der Waals surface area (Å²) in [5, 5.41) is 6.88. The highest BCUT2D eigenvalue weighted by Crippen LogP contribution is 2.36. The van der Waals surface area contributed by atoms with Crippen LogP contribution in [0.4, 0.5) is 16.6 Å². The largest absolute Gasteiger partial charge is 0.382 e. The number of hydrogen-bond donors (Lipinski definition) is 3. The van der Waals surface area contributed by atoms with Gasteiger partial charge >= 0.3 is 0 Å². The fraction of sp³-hybridized carbons (Fsp3) is 0.167. The van der Waals surface area contributed by atoms with Crippen molar-refractivity contribution in [3.05, 3.63) is 31.5 Å². The molecule has 1 aromatic heterocycles. The summed E-state index contributed by atoms with van der Waals surface area (Å²) >= 11 is 16.5. The smallest absolute Gasteiger partial charge is 0.269 e. The van der Waals surface area contributed by atoms with Crippen molar-refractivity contribution in [1.82, 2.24) is 4.98 Å². The predicted molar refractivity (Wildman–Crippen MR) is 92.8 cm³/mol. The van der Waals surface area contributed by atoms with Gasteiger partial charge in [-0.2, -0.15) is 0 Å². The van der Waals surface area contributed by atoms with Crippen LogP contribution >= 0.6 is 50.5 Å². The Bertz CT molecular complexity index is 692. The molecule has 0 radical (unpaired) electrons. The fourth-order valence-electron chi connectivity index (χ4n) is 1.52. The first-order valence-corrected chi connectivity index (χ1v) is 8.25. The Labute approximate surface area is 144 Å². The molecule has 1 aromatic carbocycles. The molecule has 1 amide bonds. The van der Waals surface area contributed by atoms with Crippen molar-refractivity contribution in [3.8, 4) is 0 Å². The number of carbonyl (C=O) groups is 1. The summed E-state index contributed by atoms with van der Waals surface area (Å²) < 4.78 is 0.652. The second-order valence-electron chi connectivity index (χ2n) is 3.94. The number of aromatic nitrogens is 1. The number of thiazole rings is 1. The first kappa shape index (κ1) is 16.4.